The molecule has 3 aliphatic rings. The maximum atomic E-state index is 12.5. The lowest BCUT2D eigenvalue weighted by Crippen LogP contribution is -3.16. The molecule has 7 heteroatoms. The normalized spacial score (nSPS) is 27.7. The number of likely N-dealkylation sites (tertiary alicyclic amines) is 1. The quantitative estimate of drug-likeness (QED) is 0.575. The maximum absolute atomic E-state index is 12.5. The van der Waals surface area contributed by atoms with Crippen molar-refractivity contribution >= 4 is 17.8 Å². The highest BCUT2D eigenvalue weighted by Gasteiger charge is 2.48. The van der Waals surface area contributed by atoms with Gasteiger partial charge in [0, 0.05) is 12.4 Å². The molecule has 4 rings (SSSR count). The second-order valence-electron chi connectivity index (χ2n) is 6.70. The van der Waals surface area contributed by atoms with Gasteiger partial charge in [-0.15, -0.1) is 0 Å². The van der Waals surface area contributed by atoms with Gasteiger partial charge in [0.25, 0.3) is 0 Å². The predicted molar refractivity (Wildman–Crippen MR) is 87.0 cm³/mol. The number of fused-ring (bicyclic) bond motifs is 1. The molecule has 1 aromatic heterocycles. The smallest absolute Gasteiger partial charge is 0.237 e. The molecule has 1 aromatic rings. The number of nitrogens with one attached hydrogen (secondary N) is 1. The van der Waals surface area contributed by atoms with E-state index >= 15 is 0 Å². The van der Waals surface area contributed by atoms with Crippen molar-refractivity contribution in [3.8, 4) is 0 Å². The number of quaternary nitrogens is 1. The molecule has 1 N–H and O–H groups in total. The lowest BCUT2D eigenvalue weighted by molar-refractivity contribution is -0.908. The summed E-state index contributed by atoms with van der Waals surface area (Å²) in [6, 6.07) is 1.81. The summed E-state index contributed by atoms with van der Waals surface area (Å²) < 4.78 is 0. The molecule has 2 saturated heterocycles. The fourth-order valence-corrected chi connectivity index (χ4v) is 3.88. The Morgan fingerprint density at radius 2 is 1.58 bits per heavy atom. The summed E-state index contributed by atoms with van der Waals surface area (Å²) in [5, 5.41) is 0. The van der Waals surface area contributed by atoms with Crippen LogP contribution in [-0.2, 0) is 9.59 Å². The van der Waals surface area contributed by atoms with Gasteiger partial charge in [0.2, 0.25) is 17.8 Å². The van der Waals surface area contributed by atoms with Crippen molar-refractivity contribution in [2.24, 2.45) is 11.8 Å². The minimum absolute atomic E-state index is 0.0238. The first-order valence-electron chi connectivity index (χ1n) is 8.60. The number of nitrogens with zero attached hydrogens (tertiary/aromatic N) is 4. The van der Waals surface area contributed by atoms with E-state index in [2.05, 4.69) is 14.9 Å². The number of rotatable bonds is 3. The zero-order valence-corrected chi connectivity index (χ0v) is 13.6. The first kappa shape index (κ1) is 15.3. The summed E-state index contributed by atoms with van der Waals surface area (Å²) in [4.78, 5) is 38.6. The third kappa shape index (κ3) is 2.69. The summed E-state index contributed by atoms with van der Waals surface area (Å²) in [6.07, 6.45) is 8.97. The standard InChI is InChI=1S/C17H21N5O2/c23-15-13-4-1-2-5-14(13)16(24)22(15)12-20-8-10-21(11-9-20)17-18-6-3-7-19-17/h1-3,6-7,13-14H,4-5,8-12H2/p+1/t13-,14+. The van der Waals surface area contributed by atoms with Crippen molar-refractivity contribution in [3.05, 3.63) is 30.6 Å². The lowest BCUT2D eigenvalue weighted by Gasteiger charge is -2.33. The van der Waals surface area contributed by atoms with E-state index in [1.165, 1.54) is 9.80 Å². The Morgan fingerprint density at radius 1 is 1.00 bits per heavy atom. The average Bonchev–Trinajstić information content (AvgIpc) is 2.88. The van der Waals surface area contributed by atoms with Gasteiger partial charge < -0.3 is 9.80 Å². The zero-order valence-electron chi connectivity index (χ0n) is 13.6. The van der Waals surface area contributed by atoms with Gasteiger partial charge in [0.05, 0.1) is 38.0 Å². The summed E-state index contributed by atoms with van der Waals surface area (Å²) in [7, 11) is 0. The first-order chi connectivity index (χ1) is 11.7. The number of anilines is 1. The van der Waals surface area contributed by atoms with Crippen molar-refractivity contribution < 1.29 is 14.5 Å². The van der Waals surface area contributed by atoms with Gasteiger partial charge in [-0.25, -0.2) is 14.9 Å². The fourth-order valence-electron chi connectivity index (χ4n) is 3.88. The van der Waals surface area contributed by atoms with Crippen molar-refractivity contribution in [1.82, 2.24) is 14.9 Å². The highest BCUT2D eigenvalue weighted by atomic mass is 16.2. The molecule has 2 aliphatic heterocycles. The third-order valence-corrected chi connectivity index (χ3v) is 5.29. The van der Waals surface area contributed by atoms with Crippen LogP contribution in [0.1, 0.15) is 12.8 Å². The van der Waals surface area contributed by atoms with Crippen molar-refractivity contribution in [2.45, 2.75) is 12.8 Å². The van der Waals surface area contributed by atoms with Gasteiger partial charge in [-0.3, -0.25) is 9.59 Å². The van der Waals surface area contributed by atoms with E-state index in [4.69, 9.17) is 0 Å². The van der Waals surface area contributed by atoms with Crippen molar-refractivity contribution in [2.75, 3.05) is 37.7 Å². The second kappa shape index (κ2) is 6.32. The van der Waals surface area contributed by atoms with Gasteiger partial charge in [0.15, 0.2) is 6.67 Å². The van der Waals surface area contributed by atoms with Crippen LogP contribution < -0.4 is 9.80 Å². The van der Waals surface area contributed by atoms with Crippen LogP contribution in [0.25, 0.3) is 0 Å². The maximum Gasteiger partial charge on any atom is 0.237 e. The van der Waals surface area contributed by atoms with Gasteiger partial charge in [-0.2, -0.15) is 0 Å². The van der Waals surface area contributed by atoms with Crippen LogP contribution in [0.4, 0.5) is 5.95 Å². The van der Waals surface area contributed by atoms with Crippen LogP contribution in [0.3, 0.4) is 0 Å². The molecule has 1 aliphatic carbocycles. The monoisotopic (exact) mass is 328 g/mol. The van der Waals surface area contributed by atoms with E-state index in [0.717, 1.165) is 32.1 Å². The molecule has 7 nitrogen and oxygen atoms in total. The van der Waals surface area contributed by atoms with E-state index in [-0.39, 0.29) is 23.7 Å². The topological polar surface area (TPSA) is 70.8 Å². The Balaban J connectivity index is 1.36. The molecule has 126 valence electrons. The third-order valence-electron chi connectivity index (χ3n) is 5.29. The number of carbonyl (C=O) groups is 2. The largest absolute Gasteiger partial charge is 0.330 e. The van der Waals surface area contributed by atoms with Gasteiger partial charge >= 0.3 is 0 Å². The molecule has 0 unspecified atom stereocenters. The highest BCUT2D eigenvalue weighted by molar-refractivity contribution is 6.05. The van der Waals surface area contributed by atoms with Crippen LogP contribution >= 0.6 is 0 Å². The molecule has 2 fully saturated rings. The molecule has 24 heavy (non-hydrogen) atoms. The van der Waals surface area contributed by atoms with Gasteiger partial charge in [-0.1, -0.05) is 12.2 Å². The Bertz CT molecular complexity index is 628. The van der Waals surface area contributed by atoms with Crippen LogP contribution in [0.5, 0.6) is 0 Å². The van der Waals surface area contributed by atoms with E-state index in [1.807, 2.05) is 18.2 Å². The molecule has 0 saturated carbocycles. The Hall–Kier alpha value is -2.28. The highest BCUT2D eigenvalue weighted by Crippen LogP contribution is 2.34. The number of hydrogen-bond donors (Lipinski definition) is 1. The molecule has 0 bridgehead atoms. The molecule has 0 spiro atoms. The van der Waals surface area contributed by atoms with Crippen LogP contribution in [0, 0.1) is 11.8 Å². The summed E-state index contributed by atoms with van der Waals surface area (Å²) in [5.74, 6) is 0.551. The van der Waals surface area contributed by atoms with E-state index in [9.17, 15) is 9.59 Å². The van der Waals surface area contributed by atoms with E-state index in [1.54, 1.807) is 12.4 Å². The fraction of sp³-hybridized carbons (Fsp3) is 0.529. The molecule has 2 atom stereocenters. The van der Waals surface area contributed by atoms with Crippen molar-refractivity contribution in [3.63, 3.8) is 0 Å². The lowest BCUT2D eigenvalue weighted by atomic mass is 9.85. The van der Waals surface area contributed by atoms with Crippen LogP contribution in [0.2, 0.25) is 0 Å². The second-order valence-corrected chi connectivity index (χ2v) is 6.70. The van der Waals surface area contributed by atoms with E-state index in [0.29, 0.717) is 19.5 Å². The van der Waals surface area contributed by atoms with Crippen molar-refractivity contribution in [1.29, 1.82) is 0 Å². The van der Waals surface area contributed by atoms with Crippen LogP contribution in [0.15, 0.2) is 30.6 Å². The number of amides is 2. The SMILES string of the molecule is O=C1[C@H]2CC=CC[C@H]2C(=O)N1C[NH+]1CCN(c2ncccn2)CC1. The number of allylic oxidation sites excluding steroid dienone is 2. The number of piperazine rings is 1. The van der Waals surface area contributed by atoms with Crippen LogP contribution in [-0.4, -0.2) is 59.5 Å². The number of hydrogen-bond acceptors (Lipinski definition) is 5. The Morgan fingerprint density at radius 3 is 2.17 bits per heavy atom. The minimum atomic E-state index is -0.124. The van der Waals surface area contributed by atoms with Gasteiger partial charge in [-0.05, 0) is 18.9 Å². The Kier molecular flexibility index (Phi) is 4.02. The first-order valence-corrected chi connectivity index (χ1v) is 8.60. The zero-order chi connectivity index (χ0) is 16.5. The van der Waals surface area contributed by atoms with E-state index < -0.39 is 0 Å². The predicted octanol–water partition coefficient (Wildman–Crippen LogP) is -0.910. The summed E-state index contributed by atoms with van der Waals surface area (Å²) >= 11 is 0. The number of aromatic nitrogens is 2. The molecular weight excluding hydrogens is 306 g/mol. The minimum Gasteiger partial charge on any atom is -0.330 e. The summed E-state index contributed by atoms with van der Waals surface area (Å²) in [6.45, 7) is 3.92. The molecular formula is C17H22N5O2+. The molecule has 2 amide bonds. The number of imide groups is 1. The van der Waals surface area contributed by atoms with Gasteiger partial charge in [0.1, 0.15) is 0 Å². The molecule has 3 heterocycles. The molecule has 0 aromatic carbocycles. The number of carbonyl (C=O) groups excluding carboxylic acids is 2. The molecule has 0 radical (unpaired) electrons. The Labute approximate surface area is 141 Å². The average molecular weight is 328 g/mol. The summed E-state index contributed by atoms with van der Waals surface area (Å²) in [5.41, 5.74) is 0.